The van der Waals surface area contributed by atoms with Crippen molar-refractivity contribution in [3.63, 3.8) is 0 Å². The highest BCUT2D eigenvalue weighted by atomic mass is 32.2. The Morgan fingerprint density at radius 3 is 2.50 bits per heavy atom. The van der Waals surface area contributed by atoms with E-state index in [0.717, 1.165) is 31.4 Å². The fourth-order valence-corrected chi connectivity index (χ4v) is 3.55. The monoisotopic (exact) mass is 331 g/mol. The molecule has 1 saturated carbocycles. The number of aliphatic imine (C=N–C) groups is 1. The summed E-state index contributed by atoms with van der Waals surface area (Å²) in [6.07, 6.45) is 9.36. The predicted molar refractivity (Wildman–Crippen MR) is 94.1 cm³/mol. The smallest absolute Gasteiger partial charge is 0.191 e. The van der Waals surface area contributed by atoms with Crippen LogP contribution >= 0.6 is 0 Å². The van der Waals surface area contributed by atoms with E-state index < -0.39 is 9.84 Å². The van der Waals surface area contributed by atoms with Crippen LogP contribution in [0.2, 0.25) is 0 Å². The Morgan fingerprint density at radius 1 is 1.14 bits per heavy atom. The van der Waals surface area contributed by atoms with Crippen LogP contribution in [0.5, 0.6) is 0 Å². The summed E-state index contributed by atoms with van der Waals surface area (Å²) in [6, 6.07) is 0. The Labute approximate surface area is 136 Å². The third kappa shape index (κ3) is 8.61. The fourth-order valence-electron chi connectivity index (χ4n) is 2.85. The summed E-state index contributed by atoms with van der Waals surface area (Å²) in [6.45, 7) is 5.71. The summed E-state index contributed by atoms with van der Waals surface area (Å²) in [5.41, 5.74) is 0. The van der Waals surface area contributed by atoms with E-state index in [0.29, 0.717) is 6.54 Å². The van der Waals surface area contributed by atoms with E-state index in [2.05, 4.69) is 15.6 Å². The van der Waals surface area contributed by atoms with Gasteiger partial charge in [-0.1, -0.05) is 45.4 Å². The van der Waals surface area contributed by atoms with Crippen molar-refractivity contribution in [2.24, 2.45) is 10.9 Å². The molecule has 0 saturated heterocycles. The molecular formula is C16H33N3O2S. The van der Waals surface area contributed by atoms with Crippen LogP contribution < -0.4 is 10.6 Å². The summed E-state index contributed by atoms with van der Waals surface area (Å²) in [5.74, 6) is 2.04. The van der Waals surface area contributed by atoms with Crippen molar-refractivity contribution in [1.82, 2.24) is 10.6 Å². The molecule has 0 bridgehead atoms. The molecule has 0 aromatic carbocycles. The zero-order chi connectivity index (χ0) is 16.3. The first-order valence-electron chi connectivity index (χ1n) is 8.80. The maximum Gasteiger partial charge on any atom is 0.191 e. The quantitative estimate of drug-likeness (QED) is 0.366. The van der Waals surface area contributed by atoms with E-state index in [1.165, 1.54) is 38.5 Å². The summed E-state index contributed by atoms with van der Waals surface area (Å²) in [5, 5.41) is 6.27. The highest BCUT2D eigenvalue weighted by Gasteiger charge is 2.13. The first-order valence-corrected chi connectivity index (χ1v) is 10.6. The van der Waals surface area contributed by atoms with Gasteiger partial charge in [-0.05, 0) is 19.3 Å². The molecule has 6 heteroatoms. The average Bonchev–Trinajstić information content (AvgIpc) is 3.00. The average molecular weight is 332 g/mol. The van der Waals surface area contributed by atoms with E-state index in [1.54, 1.807) is 6.92 Å². The van der Waals surface area contributed by atoms with Crippen LogP contribution in [0.4, 0.5) is 0 Å². The van der Waals surface area contributed by atoms with Crippen LogP contribution in [0.15, 0.2) is 4.99 Å². The lowest BCUT2D eigenvalue weighted by Gasteiger charge is -2.11. The number of hydrogen-bond acceptors (Lipinski definition) is 3. The normalized spacial score (nSPS) is 16.9. The number of sulfone groups is 1. The number of unbranched alkanes of at least 4 members (excludes halogenated alkanes) is 1. The van der Waals surface area contributed by atoms with Gasteiger partial charge >= 0.3 is 0 Å². The van der Waals surface area contributed by atoms with Crippen LogP contribution in [0.25, 0.3) is 0 Å². The summed E-state index contributed by atoms with van der Waals surface area (Å²) < 4.78 is 22.9. The minimum Gasteiger partial charge on any atom is -0.357 e. The van der Waals surface area contributed by atoms with Gasteiger partial charge in [0.2, 0.25) is 0 Å². The minimum absolute atomic E-state index is 0.162. The number of nitrogens with zero attached hydrogens (tertiary/aromatic N) is 1. The molecular weight excluding hydrogens is 298 g/mol. The van der Waals surface area contributed by atoms with Crippen molar-refractivity contribution in [3.8, 4) is 0 Å². The topological polar surface area (TPSA) is 70.6 Å². The third-order valence-corrected chi connectivity index (χ3v) is 5.96. The van der Waals surface area contributed by atoms with Gasteiger partial charge in [0, 0.05) is 25.4 Å². The zero-order valence-corrected chi connectivity index (χ0v) is 15.1. The molecule has 0 radical (unpaired) electrons. The minimum atomic E-state index is -2.91. The van der Waals surface area contributed by atoms with Crippen molar-refractivity contribution in [2.75, 3.05) is 31.1 Å². The van der Waals surface area contributed by atoms with Crippen LogP contribution in [-0.2, 0) is 9.84 Å². The van der Waals surface area contributed by atoms with Gasteiger partial charge in [0.1, 0.15) is 0 Å². The van der Waals surface area contributed by atoms with Crippen LogP contribution in [0.3, 0.4) is 0 Å². The summed E-state index contributed by atoms with van der Waals surface area (Å²) in [7, 11) is -2.91. The van der Waals surface area contributed by atoms with Gasteiger partial charge in [0.05, 0.1) is 5.75 Å². The first-order chi connectivity index (χ1) is 10.6. The second-order valence-electron chi connectivity index (χ2n) is 6.07. The Morgan fingerprint density at radius 2 is 1.86 bits per heavy atom. The van der Waals surface area contributed by atoms with E-state index in [1.807, 2.05) is 6.92 Å². The Balaban J connectivity index is 2.19. The molecule has 1 rings (SSSR count). The lowest BCUT2D eigenvalue weighted by molar-refractivity contribution is 0.475. The van der Waals surface area contributed by atoms with Crippen molar-refractivity contribution in [3.05, 3.63) is 0 Å². The van der Waals surface area contributed by atoms with Gasteiger partial charge in [-0.15, -0.1) is 0 Å². The van der Waals surface area contributed by atoms with Gasteiger partial charge in [0.15, 0.2) is 15.8 Å². The molecule has 0 heterocycles. The molecule has 5 nitrogen and oxygen atoms in total. The predicted octanol–water partition coefficient (Wildman–Crippen LogP) is 2.34. The number of nitrogens with one attached hydrogen (secondary N) is 2. The van der Waals surface area contributed by atoms with Gasteiger partial charge < -0.3 is 10.6 Å². The number of guanidine groups is 1. The SMILES string of the molecule is CCNC(=NCCCCC1CCCC1)NCCS(=O)(=O)CC. The largest absolute Gasteiger partial charge is 0.357 e. The molecule has 1 fully saturated rings. The molecule has 0 unspecified atom stereocenters. The molecule has 130 valence electrons. The maximum atomic E-state index is 11.5. The van der Waals surface area contributed by atoms with Gasteiger partial charge in [-0.2, -0.15) is 0 Å². The van der Waals surface area contributed by atoms with Crippen LogP contribution in [0, 0.1) is 5.92 Å². The van der Waals surface area contributed by atoms with Gasteiger partial charge in [-0.3, -0.25) is 4.99 Å². The summed E-state index contributed by atoms with van der Waals surface area (Å²) in [4.78, 5) is 4.52. The molecule has 0 atom stereocenters. The van der Waals surface area contributed by atoms with Crippen molar-refractivity contribution < 1.29 is 8.42 Å². The molecule has 22 heavy (non-hydrogen) atoms. The number of rotatable bonds is 10. The zero-order valence-electron chi connectivity index (χ0n) is 14.2. The maximum absolute atomic E-state index is 11.5. The molecule has 2 N–H and O–H groups in total. The number of hydrogen-bond donors (Lipinski definition) is 2. The highest BCUT2D eigenvalue weighted by molar-refractivity contribution is 7.91. The Bertz CT molecular complexity index is 415. The second-order valence-corrected chi connectivity index (χ2v) is 8.54. The molecule has 1 aliphatic carbocycles. The van der Waals surface area contributed by atoms with Gasteiger partial charge in [0.25, 0.3) is 0 Å². The molecule has 0 aliphatic heterocycles. The van der Waals surface area contributed by atoms with Crippen LogP contribution in [-0.4, -0.2) is 45.5 Å². The molecule has 0 aromatic heterocycles. The second kappa shape index (κ2) is 10.9. The fraction of sp³-hybridized carbons (Fsp3) is 0.938. The Hall–Kier alpha value is -0.780. The van der Waals surface area contributed by atoms with E-state index in [9.17, 15) is 8.42 Å². The van der Waals surface area contributed by atoms with E-state index in [4.69, 9.17) is 0 Å². The molecule has 0 aromatic rings. The molecule has 0 amide bonds. The first kappa shape index (κ1) is 19.3. The van der Waals surface area contributed by atoms with E-state index >= 15 is 0 Å². The lowest BCUT2D eigenvalue weighted by Crippen LogP contribution is -2.39. The Kier molecular flexibility index (Phi) is 9.52. The van der Waals surface area contributed by atoms with E-state index in [-0.39, 0.29) is 11.5 Å². The van der Waals surface area contributed by atoms with Crippen molar-refractivity contribution in [1.29, 1.82) is 0 Å². The van der Waals surface area contributed by atoms with Crippen LogP contribution in [0.1, 0.15) is 58.8 Å². The lowest BCUT2D eigenvalue weighted by atomic mass is 10.0. The highest BCUT2D eigenvalue weighted by Crippen LogP contribution is 2.28. The van der Waals surface area contributed by atoms with Crippen molar-refractivity contribution >= 4 is 15.8 Å². The van der Waals surface area contributed by atoms with Crippen molar-refractivity contribution in [2.45, 2.75) is 58.8 Å². The molecule has 0 spiro atoms. The third-order valence-electron chi connectivity index (χ3n) is 4.25. The summed E-state index contributed by atoms with van der Waals surface area (Å²) >= 11 is 0. The molecule has 1 aliphatic rings. The van der Waals surface area contributed by atoms with Gasteiger partial charge in [-0.25, -0.2) is 8.42 Å². The standard InChI is InChI=1S/C16H33N3O2S/c1-3-17-16(19-13-14-22(20,21)4-2)18-12-8-7-11-15-9-5-6-10-15/h15H,3-14H2,1-2H3,(H2,17,18,19).